The second-order valence-corrected chi connectivity index (χ2v) is 6.02. The number of aryl methyl sites for hydroxylation is 1. The van der Waals surface area contributed by atoms with E-state index in [4.69, 9.17) is 9.15 Å². The van der Waals surface area contributed by atoms with Crippen LogP contribution in [0.15, 0.2) is 28.7 Å². The highest BCUT2D eigenvalue weighted by Crippen LogP contribution is 2.30. The molecule has 3 rings (SSSR count). The summed E-state index contributed by atoms with van der Waals surface area (Å²) in [5.41, 5.74) is 2.22. The Morgan fingerprint density at radius 2 is 2.29 bits per heavy atom. The molecule has 0 saturated carbocycles. The van der Waals surface area contributed by atoms with Crippen molar-refractivity contribution in [3.05, 3.63) is 35.6 Å². The topological polar surface area (TPSA) is 34.4 Å². The first-order valence-corrected chi connectivity index (χ1v) is 8.12. The van der Waals surface area contributed by atoms with Crippen LogP contribution in [0.3, 0.4) is 0 Å². The number of furan rings is 1. The van der Waals surface area contributed by atoms with Gasteiger partial charge in [0.1, 0.15) is 11.3 Å². The molecule has 0 bridgehead atoms. The molecule has 0 radical (unpaired) electrons. The third-order valence-corrected chi connectivity index (χ3v) is 4.27. The summed E-state index contributed by atoms with van der Waals surface area (Å²) in [7, 11) is 0. The van der Waals surface area contributed by atoms with E-state index in [1.165, 1.54) is 23.8 Å². The van der Waals surface area contributed by atoms with Gasteiger partial charge in [-0.3, -0.25) is 0 Å². The highest BCUT2D eigenvalue weighted by atomic mass is 16.5. The average Bonchev–Trinajstić information content (AvgIpc) is 3.13. The van der Waals surface area contributed by atoms with Crippen LogP contribution in [0, 0.1) is 6.92 Å². The quantitative estimate of drug-likeness (QED) is 0.857. The molecule has 1 aromatic heterocycles. The summed E-state index contributed by atoms with van der Waals surface area (Å²) in [4.78, 5) is 0. The lowest BCUT2D eigenvalue weighted by molar-refractivity contribution is 0.0922. The van der Waals surface area contributed by atoms with Gasteiger partial charge in [0.2, 0.25) is 0 Å². The fraction of sp³-hybridized carbons (Fsp3) is 0.556. The van der Waals surface area contributed by atoms with Gasteiger partial charge in [0.15, 0.2) is 0 Å². The van der Waals surface area contributed by atoms with Crippen LogP contribution in [-0.4, -0.2) is 19.3 Å². The molecule has 114 valence electrons. The van der Waals surface area contributed by atoms with Gasteiger partial charge >= 0.3 is 0 Å². The molecule has 2 unspecified atom stereocenters. The van der Waals surface area contributed by atoms with Gasteiger partial charge in [0.25, 0.3) is 0 Å². The number of nitrogens with one attached hydrogen (secondary N) is 1. The minimum absolute atomic E-state index is 0.250. The van der Waals surface area contributed by atoms with E-state index in [1.807, 2.05) is 0 Å². The van der Waals surface area contributed by atoms with Gasteiger partial charge in [-0.15, -0.1) is 0 Å². The smallest absolute Gasteiger partial charge is 0.137 e. The lowest BCUT2D eigenvalue weighted by Gasteiger charge is -2.19. The summed E-state index contributed by atoms with van der Waals surface area (Å²) < 4.78 is 12.0. The van der Waals surface area contributed by atoms with E-state index < -0.39 is 0 Å². The van der Waals surface area contributed by atoms with Crippen molar-refractivity contribution in [3.8, 4) is 0 Å². The number of benzene rings is 1. The number of rotatable bonds is 6. The highest BCUT2D eigenvalue weighted by Gasteiger charge is 2.24. The Kier molecular flexibility index (Phi) is 4.61. The van der Waals surface area contributed by atoms with Gasteiger partial charge in [-0.05, 0) is 50.8 Å². The Morgan fingerprint density at radius 1 is 1.38 bits per heavy atom. The summed E-state index contributed by atoms with van der Waals surface area (Å²) >= 11 is 0. The normalized spacial score (nSPS) is 20.2. The Labute approximate surface area is 126 Å². The van der Waals surface area contributed by atoms with Crippen LogP contribution in [0.5, 0.6) is 0 Å². The maximum absolute atomic E-state index is 6.15. The van der Waals surface area contributed by atoms with E-state index in [-0.39, 0.29) is 6.04 Å². The van der Waals surface area contributed by atoms with E-state index >= 15 is 0 Å². The summed E-state index contributed by atoms with van der Waals surface area (Å²) in [5.74, 6) is 1.04. The summed E-state index contributed by atoms with van der Waals surface area (Å²) in [6.07, 6.45) is 4.85. The molecular weight excluding hydrogens is 262 g/mol. The van der Waals surface area contributed by atoms with Crippen LogP contribution in [0.4, 0.5) is 0 Å². The minimum atomic E-state index is 0.250. The molecule has 0 spiro atoms. The lowest BCUT2D eigenvalue weighted by atomic mass is 10.0. The van der Waals surface area contributed by atoms with E-state index in [0.717, 1.165) is 37.3 Å². The molecule has 21 heavy (non-hydrogen) atoms. The molecule has 3 nitrogen and oxygen atoms in total. The maximum Gasteiger partial charge on any atom is 0.137 e. The number of hydrogen-bond donors (Lipinski definition) is 1. The molecule has 1 aliphatic heterocycles. The third kappa shape index (κ3) is 3.30. The predicted octanol–water partition coefficient (Wildman–Crippen LogP) is 4.35. The summed E-state index contributed by atoms with van der Waals surface area (Å²) in [6.45, 7) is 6.21. The minimum Gasteiger partial charge on any atom is -0.459 e. The number of para-hydroxylation sites is 1. The van der Waals surface area contributed by atoms with Gasteiger partial charge in [-0.25, -0.2) is 0 Å². The summed E-state index contributed by atoms with van der Waals surface area (Å²) in [6, 6.07) is 8.75. The van der Waals surface area contributed by atoms with Gasteiger partial charge in [-0.1, -0.05) is 25.1 Å². The van der Waals surface area contributed by atoms with E-state index in [1.54, 1.807) is 0 Å². The van der Waals surface area contributed by atoms with Crippen molar-refractivity contribution in [1.82, 2.24) is 5.32 Å². The fourth-order valence-electron chi connectivity index (χ4n) is 3.11. The summed E-state index contributed by atoms with van der Waals surface area (Å²) in [5, 5.41) is 4.81. The van der Waals surface area contributed by atoms with Crippen molar-refractivity contribution in [2.75, 3.05) is 13.2 Å². The molecular formula is C18H25NO2. The number of ether oxygens (including phenoxy) is 1. The molecule has 1 aliphatic rings. The van der Waals surface area contributed by atoms with E-state index in [2.05, 4.69) is 43.4 Å². The van der Waals surface area contributed by atoms with Crippen LogP contribution in [0.25, 0.3) is 11.0 Å². The van der Waals surface area contributed by atoms with Gasteiger partial charge in [0, 0.05) is 12.0 Å². The van der Waals surface area contributed by atoms with Crippen molar-refractivity contribution in [1.29, 1.82) is 0 Å². The molecule has 2 aromatic rings. The monoisotopic (exact) mass is 287 g/mol. The number of hydrogen-bond acceptors (Lipinski definition) is 3. The first-order valence-electron chi connectivity index (χ1n) is 8.12. The molecule has 1 fully saturated rings. The Hall–Kier alpha value is -1.32. The largest absolute Gasteiger partial charge is 0.459 e. The molecule has 0 aliphatic carbocycles. The predicted molar refractivity (Wildman–Crippen MR) is 85.6 cm³/mol. The molecule has 0 amide bonds. The zero-order chi connectivity index (χ0) is 14.7. The zero-order valence-electron chi connectivity index (χ0n) is 13.0. The first-order chi connectivity index (χ1) is 10.3. The molecule has 1 saturated heterocycles. The van der Waals surface area contributed by atoms with Crippen LogP contribution >= 0.6 is 0 Å². The van der Waals surface area contributed by atoms with Gasteiger partial charge in [-0.2, -0.15) is 0 Å². The van der Waals surface area contributed by atoms with Gasteiger partial charge < -0.3 is 14.5 Å². The highest BCUT2D eigenvalue weighted by molar-refractivity contribution is 5.81. The second-order valence-electron chi connectivity index (χ2n) is 6.02. The van der Waals surface area contributed by atoms with Crippen LogP contribution < -0.4 is 5.32 Å². The van der Waals surface area contributed by atoms with Crippen LogP contribution in [0.2, 0.25) is 0 Å². The Bertz CT molecular complexity index is 584. The van der Waals surface area contributed by atoms with Crippen molar-refractivity contribution in [3.63, 3.8) is 0 Å². The second kappa shape index (κ2) is 6.63. The van der Waals surface area contributed by atoms with Crippen molar-refractivity contribution >= 4 is 11.0 Å². The molecule has 1 aromatic carbocycles. The van der Waals surface area contributed by atoms with Gasteiger partial charge in [0.05, 0.1) is 12.1 Å². The Morgan fingerprint density at radius 3 is 3.00 bits per heavy atom. The third-order valence-electron chi connectivity index (χ3n) is 4.27. The Balaban J connectivity index is 1.83. The molecule has 3 heteroatoms. The molecule has 1 N–H and O–H groups in total. The van der Waals surface area contributed by atoms with Crippen molar-refractivity contribution in [2.45, 2.75) is 51.7 Å². The van der Waals surface area contributed by atoms with Crippen molar-refractivity contribution in [2.24, 2.45) is 0 Å². The van der Waals surface area contributed by atoms with Crippen molar-refractivity contribution < 1.29 is 9.15 Å². The first kappa shape index (κ1) is 14.6. The fourth-order valence-corrected chi connectivity index (χ4v) is 3.11. The van der Waals surface area contributed by atoms with E-state index in [9.17, 15) is 0 Å². The molecule has 2 atom stereocenters. The molecule has 2 heterocycles. The van der Waals surface area contributed by atoms with E-state index in [0.29, 0.717) is 6.10 Å². The standard InChI is InChI=1S/C18H25NO2/c1-3-9-19-16(12-15-8-5-10-20-15)17-11-14-7-4-6-13(2)18(14)21-17/h4,6-7,11,15-16,19H,3,5,8-10,12H2,1-2H3. The van der Waals surface area contributed by atoms with Crippen LogP contribution in [-0.2, 0) is 4.74 Å². The average molecular weight is 287 g/mol. The maximum atomic E-state index is 6.15. The number of fused-ring (bicyclic) bond motifs is 1. The van der Waals surface area contributed by atoms with Crippen LogP contribution in [0.1, 0.15) is 50.0 Å². The zero-order valence-corrected chi connectivity index (χ0v) is 13.0. The lowest BCUT2D eigenvalue weighted by Crippen LogP contribution is -2.25. The SMILES string of the molecule is CCCNC(CC1CCCO1)c1cc2cccc(C)c2o1.